The monoisotopic (exact) mass is 230 g/mol. The molecule has 1 atom stereocenters. The fourth-order valence-electron chi connectivity index (χ4n) is 1.06. The molecule has 7 heteroatoms. The Balaban J connectivity index is 3.05. The van der Waals surface area contributed by atoms with Crippen LogP contribution in [0.5, 0.6) is 0 Å². The molecule has 1 aromatic rings. The summed E-state index contributed by atoms with van der Waals surface area (Å²) in [6.45, 7) is 1.43. The van der Waals surface area contributed by atoms with Crippen molar-refractivity contribution < 1.29 is 13.3 Å². The van der Waals surface area contributed by atoms with Gasteiger partial charge in [0.15, 0.2) is 0 Å². The summed E-state index contributed by atoms with van der Waals surface area (Å²) < 4.78 is 22.0. The van der Waals surface area contributed by atoms with Gasteiger partial charge in [0.05, 0.1) is 10.2 Å². The van der Waals surface area contributed by atoms with Crippen LogP contribution in [0.4, 0.5) is 5.69 Å². The van der Waals surface area contributed by atoms with Crippen LogP contribution in [0.1, 0.15) is 17.7 Å². The lowest BCUT2D eigenvalue weighted by atomic mass is 10.1. The van der Waals surface area contributed by atoms with E-state index in [2.05, 4.69) is 0 Å². The van der Waals surface area contributed by atoms with Gasteiger partial charge in [-0.25, -0.2) is 13.6 Å². The Labute approximate surface area is 86.9 Å². The van der Waals surface area contributed by atoms with Crippen molar-refractivity contribution >= 4 is 15.7 Å². The number of nitrogens with two attached hydrogens (primary N) is 1. The van der Waals surface area contributed by atoms with E-state index in [0.29, 0.717) is 5.56 Å². The molecule has 0 bridgehead atoms. The maximum atomic E-state index is 11.0. The van der Waals surface area contributed by atoms with Crippen LogP contribution < -0.4 is 5.14 Å². The quantitative estimate of drug-likeness (QED) is 0.616. The molecule has 0 saturated carbocycles. The smallest absolute Gasteiger partial charge is 0.258 e. The Morgan fingerprint density at radius 3 is 2.13 bits per heavy atom. The summed E-state index contributed by atoms with van der Waals surface area (Å²) >= 11 is 0. The highest BCUT2D eigenvalue weighted by molar-refractivity contribution is 7.89. The van der Waals surface area contributed by atoms with Crippen molar-refractivity contribution in [1.29, 1.82) is 0 Å². The minimum atomic E-state index is -3.66. The van der Waals surface area contributed by atoms with Gasteiger partial charge in [-0.2, -0.15) is 0 Å². The molecule has 1 rings (SSSR count). The molecule has 0 amide bonds. The van der Waals surface area contributed by atoms with Crippen molar-refractivity contribution in [2.75, 3.05) is 0 Å². The average Bonchev–Trinajstić information content (AvgIpc) is 2.15. The van der Waals surface area contributed by atoms with Crippen molar-refractivity contribution in [3.63, 3.8) is 0 Å². The maximum Gasteiger partial charge on any atom is 0.269 e. The number of benzene rings is 1. The molecule has 0 fully saturated rings. The van der Waals surface area contributed by atoms with Crippen molar-refractivity contribution in [1.82, 2.24) is 0 Å². The molecular weight excluding hydrogens is 220 g/mol. The van der Waals surface area contributed by atoms with Crippen molar-refractivity contribution in [2.24, 2.45) is 5.14 Å². The van der Waals surface area contributed by atoms with E-state index in [0.717, 1.165) is 0 Å². The van der Waals surface area contributed by atoms with E-state index < -0.39 is 20.2 Å². The van der Waals surface area contributed by atoms with Gasteiger partial charge in [0.1, 0.15) is 0 Å². The van der Waals surface area contributed by atoms with E-state index in [1.165, 1.54) is 31.2 Å². The highest BCUT2D eigenvalue weighted by Gasteiger charge is 2.18. The van der Waals surface area contributed by atoms with Gasteiger partial charge in [0, 0.05) is 12.1 Å². The van der Waals surface area contributed by atoms with Crippen molar-refractivity contribution in [2.45, 2.75) is 12.2 Å². The van der Waals surface area contributed by atoms with Crippen LogP contribution in [0.2, 0.25) is 0 Å². The van der Waals surface area contributed by atoms with Gasteiger partial charge in [-0.1, -0.05) is 12.1 Å². The van der Waals surface area contributed by atoms with Gasteiger partial charge >= 0.3 is 0 Å². The van der Waals surface area contributed by atoms with Crippen molar-refractivity contribution in [3.05, 3.63) is 39.9 Å². The molecule has 0 radical (unpaired) electrons. The summed E-state index contributed by atoms with van der Waals surface area (Å²) in [6.07, 6.45) is 0. The molecule has 0 heterocycles. The highest BCUT2D eigenvalue weighted by Crippen LogP contribution is 2.21. The zero-order valence-electron chi connectivity index (χ0n) is 7.95. The summed E-state index contributed by atoms with van der Waals surface area (Å²) in [6, 6.07) is 5.26. The maximum absolute atomic E-state index is 11.0. The Hall–Kier alpha value is -1.47. The van der Waals surface area contributed by atoms with Crippen molar-refractivity contribution in [3.8, 4) is 0 Å². The summed E-state index contributed by atoms with van der Waals surface area (Å²) in [5, 5.41) is 14.4. The van der Waals surface area contributed by atoms with Gasteiger partial charge in [-0.3, -0.25) is 10.1 Å². The topological polar surface area (TPSA) is 103 Å². The number of rotatable bonds is 3. The third-order valence-electron chi connectivity index (χ3n) is 2.07. The molecule has 1 unspecified atom stereocenters. The van der Waals surface area contributed by atoms with Crippen LogP contribution >= 0.6 is 0 Å². The standard InChI is InChI=1S/C8H10N2O4S/c1-6(15(9,13)14)7-2-4-8(5-3-7)10(11)12/h2-6H,1H3,(H2,9,13,14). The van der Waals surface area contributed by atoms with E-state index in [1.54, 1.807) is 0 Å². The van der Waals surface area contributed by atoms with E-state index in [-0.39, 0.29) is 5.69 Å². The van der Waals surface area contributed by atoms with Gasteiger partial charge in [0.25, 0.3) is 5.69 Å². The molecule has 0 aliphatic heterocycles. The van der Waals surface area contributed by atoms with E-state index in [4.69, 9.17) is 5.14 Å². The van der Waals surface area contributed by atoms with Crippen LogP contribution in [0.3, 0.4) is 0 Å². The number of nitro groups is 1. The third-order valence-corrected chi connectivity index (χ3v) is 3.32. The lowest BCUT2D eigenvalue weighted by Gasteiger charge is -2.08. The number of hydrogen-bond acceptors (Lipinski definition) is 4. The molecule has 0 aliphatic carbocycles. The lowest BCUT2D eigenvalue weighted by Crippen LogP contribution is -2.19. The van der Waals surface area contributed by atoms with E-state index in [1.807, 2.05) is 0 Å². The number of nitrogens with zero attached hydrogens (tertiary/aromatic N) is 1. The molecule has 0 aliphatic rings. The average molecular weight is 230 g/mol. The summed E-state index contributed by atoms with van der Waals surface area (Å²) in [7, 11) is -3.66. The summed E-state index contributed by atoms with van der Waals surface area (Å²) in [4.78, 5) is 9.79. The normalized spacial score (nSPS) is 13.5. The molecule has 0 spiro atoms. The number of non-ortho nitro benzene ring substituents is 1. The second-order valence-electron chi connectivity index (χ2n) is 3.08. The minimum absolute atomic E-state index is 0.0830. The predicted octanol–water partition coefficient (Wildman–Crippen LogP) is 0.944. The van der Waals surface area contributed by atoms with Gasteiger partial charge in [0.2, 0.25) is 10.0 Å². The molecule has 0 saturated heterocycles. The molecule has 82 valence electrons. The first-order valence-corrected chi connectivity index (χ1v) is 5.69. The van der Waals surface area contributed by atoms with Gasteiger partial charge in [-0.15, -0.1) is 0 Å². The van der Waals surface area contributed by atoms with Crippen LogP contribution in [-0.2, 0) is 10.0 Å². The Bertz CT molecular complexity index is 466. The summed E-state index contributed by atoms with van der Waals surface area (Å²) in [5.74, 6) is 0. The SMILES string of the molecule is CC(c1ccc([N+](=O)[O-])cc1)S(N)(=O)=O. The fraction of sp³-hybridized carbons (Fsp3) is 0.250. The first-order chi connectivity index (χ1) is 6.82. The highest BCUT2D eigenvalue weighted by atomic mass is 32.2. The third kappa shape index (κ3) is 2.74. The zero-order chi connectivity index (χ0) is 11.6. The second-order valence-corrected chi connectivity index (χ2v) is 4.97. The van der Waals surface area contributed by atoms with E-state index in [9.17, 15) is 18.5 Å². The Kier molecular flexibility index (Phi) is 3.06. The zero-order valence-corrected chi connectivity index (χ0v) is 8.77. The first-order valence-electron chi connectivity index (χ1n) is 4.08. The Morgan fingerprint density at radius 2 is 1.80 bits per heavy atom. The number of hydrogen-bond donors (Lipinski definition) is 1. The van der Waals surface area contributed by atoms with E-state index >= 15 is 0 Å². The Morgan fingerprint density at radius 1 is 1.33 bits per heavy atom. The molecular formula is C8H10N2O4S. The second kappa shape index (κ2) is 3.95. The lowest BCUT2D eigenvalue weighted by molar-refractivity contribution is -0.384. The number of nitro benzene ring substituents is 1. The predicted molar refractivity (Wildman–Crippen MR) is 54.6 cm³/mol. The number of sulfonamides is 1. The molecule has 6 nitrogen and oxygen atoms in total. The molecule has 1 aromatic carbocycles. The van der Waals surface area contributed by atoms with Crippen LogP contribution in [0.25, 0.3) is 0 Å². The van der Waals surface area contributed by atoms with Gasteiger partial charge in [-0.05, 0) is 12.5 Å². The first kappa shape index (κ1) is 11.6. The molecule has 15 heavy (non-hydrogen) atoms. The molecule has 2 N–H and O–H groups in total. The van der Waals surface area contributed by atoms with Crippen LogP contribution in [0, 0.1) is 10.1 Å². The number of primary sulfonamides is 1. The van der Waals surface area contributed by atoms with Crippen LogP contribution in [-0.4, -0.2) is 13.3 Å². The fourth-order valence-corrected chi connectivity index (χ4v) is 1.59. The van der Waals surface area contributed by atoms with Gasteiger partial charge < -0.3 is 0 Å². The molecule has 0 aromatic heterocycles. The summed E-state index contributed by atoms with van der Waals surface area (Å²) in [5.41, 5.74) is 0.350. The van der Waals surface area contributed by atoms with Crippen LogP contribution in [0.15, 0.2) is 24.3 Å². The largest absolute Gasteiger partial charge is 0.269 e. The minimum Gasteiger partial charge on any atom is -0.258 e.